The Morgan fingerprint density at radius 1 is 1.53 bits per heavy atom. The largest absolute Gasteiger partial charge is 0.312 e. The van der Waals surface area contributed by atoms with Crippen LogP contribution in [0.1, 0.15) is 25.1 Å². The Kier molecular flexibility index (Phi) is 5.03. The Bertz CT molecular complexity index is 351. The van der Waals surface area contributed by atoms with Crippen molar-refractivity contribution in [3.05, 3.63) is 20.8 Å². The van der Waals surface area contributed by atoms with E-state index in [-0.39, 0.29) is 0 Å². The van der Waals surface area contributed by atoms with Crippen LogP contribution in [-0.2, 0) is 6.42 Å². The molecule has 1 aliphatic heterocycles. The minimum Gasteiger partial charge on any atom is -0.312 e. The fourth-order valence-electron chi connectivity index (χ4n) is 2.31. The summed E-state index contributed by atoms with van der Waals surface area (Å²) < 4.78 is 1.24. The topological polar surface area (TPSA) is 15.3 Å². The van der Waals surface area contributed by atoms with Crippen LogP contribution in [0.2, 0.25) is 0 Å². The number of likely N-dealkylation sites (tertiary alicyclic amines) is 1. The zero-order valence-electron chi connectivity index (χ0n) is 10.6. The minimum atomic E-state index is 0.690. The van der Waals surface area contributed by atoms with E-state index in [2.05, 4.69) is 52.1 Å². The maximum Gasteiger partial charge on any atom is 0.0701 e. The van der Waals surface area contributed by atoms with E-state index in [9.17, 15) is 0 Å². The third-order valence-electron chi connectivity index (χ3n) is 3.38. The first kappa shape index (κ1) is 13.5. The number of nitrogens with one attached hydrogen (secondary N) is 1. The van der Waals surface area contributed by atoms with Crippen molar-refractivity contribution in [2.24, 2.45) is 0 Å². The van der Waals surface area contributed by atoms with Crippen molar-refractivity contribution in [2.75, 3.05) is 19.6 Å². The molecule has 0 saturated carbocycles. The van der Waals surface area contributed by atoms with Gasteiger partial charge in [-0.3, -0.25) is 4.90 Å². The molecule has 0 aliphatic carbocycles. The summed E-state index contributed by atoms with van der Waals surface area (Å²) in [5, 5.41) is 3.67. The van der Waals surface area contributed by atoms with Crippen LogP contribution in [0, 0.1) is 0 Å². The van der Waals surface area contributed by atoms with Crippen molar-refractivity contribution < 1.29 is 0 Å². The SMILES string of the molecule is CC(C)N1CCC(NCCc2ccc(Br)s2)C1. The second-order valence-corrected chi connectivity index (χ2v) is 7.53. The maximum absolute atomic E-state index is 3.67. The van der Waals surface area contributed by atoms with E-state index in [0.29, 0.717) is 12.1 Å². The summed E-state index contributed by atoms with van der Waals surface area (Å²) in [6.07, 6.45) is 2.45. The van der Waals surface area contributed by atoms with Gasteiger partial charge in [-0.1, -0.05) is 0 Å². The normalized spacial score (nSPS) is 21.5. The minimum absolute atomic E-state index is 0.690. The van der Waals surface area contributed by atoms with Crippen LogP contribution < -0.4 is 5.32 Å². The monoisotopic (exact) mass is 316 g/mol. The van der Waals surface area contributed by atoms with Crippen LogP contribution in [0.25, 0.3) is 0 Å². The van der Waals surface area contributed by atoms with Crippen LogP contribution in [0.3, 0.4) is 0 Å². The average molecular weight is 317 g/mol. The van der Waals surface area contributed by atoms with Crippen LogP contribution in [0.5, 0.6) is 0 Å². The molecular formula is C13H21BrN2S. The Morgan fingerprint density at radius 2 is 2.35 bits per heavy atom. The van der Waals surface area contributed by atoms with Gasteiger partial charge in [0.2, 0.25) is 0 Å². The molecule has 1 aliphatic rings. The molecule has 0 radical (unpaired) electrons. The van der Waals surface area contributed by atoms with E-state index < -0.39 is 0 Å². The standard InChI is InChI=1S/C13H21BrN2S/c1-10(2)16-8-6-11(9-16)15-7-5-12-3-4-13(14)17-12/h3-4,10-11,15H,5-9H2,1-2H3. The van der Waals surface area contributed by atoms with E-state index >= 15 is 0 Å². The summed E-state index contributed by atoms with van der Waals surface area (Å²) in [7, 11) is 0. The third kappa shape index (κ3) is 4.05. The number of rotatable bonds is 5. The van der Waals surface area contributed by atoms with Gasteiger partial charge in [-0.2, -0.15) is 0 Å². The van der Waals surface area contributed by atoms with Gasteiger partial charge in [0.1, 0.15) is 0 Å². The molecule has 1 saturated heterocycles. The van der Waals surface area contributed by atoms with Crippen molar-refractivity contribution in [3.63, 3.8) is 0 Å². The predicted octanol–water partition coefficient (Wildman–Crippen LogP) is 3.13. The highest BCUT2D eigenvalue weighted by Crippen LogP contribution is 2.22. The highest BCUT2D eigenvalue weighted by Gasteiger charge is 2.23. The van der Waals surface area contributed by atoms with Gasteiger partial charge in [0.15, 0.2) is 0 Å². The summed E-state index contributed by atoms with van der Waals surface area (Å²) >= 11 is 5.35. The smallest absolute Gasteiger partial charge is 0.0701 e. The Balaban J connectivity index is 1.66. The van der Waals surface area contributed by atoms with E-state index in [0.717, 1.165) is 13.0 Å². The fraction of sp³-hybridized carbons (Fsp3) is 0.692. The molecule has 1 atom stereocenters. The van der Waals surface area contributed by atoms with Gasteiger partial charge in [-0.05, 0) is 61.3 Å². The molecule has 4 heteroatoms. The van der Waals surface area contributed by atoms with E-state index in [1.807, 2.05) is 11.3 Å². The lowest BCUT2D eigenvalue weighted by Crippen LogP contribution is -2.35. The van der Waals surface area contributed by atoms with Gasteiger partial charge >= 0.3 is 0 Å². The molecule has 2 heterocycles. The average Bonchev–Trinajstić information content (AvgIpc) is 2.88. The van der Waals surface area contributed by atoms with Crippen LogP contribution in [-0.4, -0.2) is 36.6 Å². The third-order valence-corrected chi connectivity index (χ3v) is 5.07. The number of hydrogen-bond donors (Lipinski definition) is 1. The van der Waals surface area contributed by atoms with Crippen molar-refractivity contribution in [1.82, 2.24) is 10.2 Å². The molecule has 0 bridgehead atoms. The first-order valence-corrected chi connectivity index (χ1v) is 7.98. The van der Waals surface area contributed by atoms with Gasteiger partial charge in [-0.25, -0.2) is 0 Å². The van der Waals surface area contributed by atoms with Crippen LogP contribution in [0.4, 0.5) is 0 Å². The lowest BCUT2D eigenvalue weighted by molar-refractivity contribution is 0.268. The molecule has 0 amide bonds. The van der Waals surface area contributed by atoms with Gasteiger partial charge in [0.25, 0.3) is 0 Å². The molecular weight excluding hydrogens is 296 g/mol. The van der Waals surface area contributed by atoms with Gasteiger partial charge in [-0.15, -0.1) is 11.3 Å². The molecule has 1 fully saturated rings. The molecule has 2 rings (SSSR count). The van der Waals surface area contributed by atoms with E-state index in [4.69, 9.17) is 0 Å². The Hall–Kier alpha value is 0.1000. The molecule has 17 heavy (non-hydrogen) atoms. The van der Waals surface area contributed by atoms with E-state index in [1.54, 1.807) is 0 Å². The van der Waals surface area contributed by atoms with Gasteiger partial charge < -0.3 is 5.32 Å². The summed E-state index contributed by atoms with van der Waals surface area (Å²) in [5.41, 5.74) is 0. The molecule has 0 spiro atoms. The molecule has 96 valence electrons. The lowest BCUT2D eigenvalue weighted by atomic mass is 10.2. The maximum atomic E-state index is 3.67. The molecule has 2 nitrogen and oxygen atoms in total. The number of halogens is 1. The second-order valence-electron chi connectivity index (χ2n) is 4.98. The van der Waals surface area contributed by atoms with Crippen molar-refractivity contribution in [3.8, 4) is 0 Å². The van der Waals surface area contributed by atoms with E-state index in [1.165, 1.54) is 28.2 Å². The van der Waals surface area contributed by atoms with Crippen molar-refractivity contribution in [2.45, 2.75) is 38.8 Å². The number of nitrogens with zero attached hydrogens (tertiary/aromatic N) is 1. The van der Waals surface area contributed by atoms with Gasteiger partial charge in [0, 0.05) is 30.1 Å². The zero-order valence-corrected chi connectivity index (χ0v) is 13.0. The summed E-state index contributed by atoms with van der Waals surface area (Å²) in [6, 6.07) is 5.73. The lowest BCUT2D eigenvalue weighted by Gasteiger charge is -2.20. The summed E-state index contributed by atoms with van der Waals surface area (Å²) in [6.45, 7) is 8.13. The first-order chi connectivity index (χ1) is 8.15. The second kappa shape index (κ2) is 6.32. The van der Waals surface area contributed by atoms with Crippen LogP contribution >= 0.6 is 27.3 Å². The Labute approximate surface area is 117 Å². The van der Waals surface area contributed by atoms with Gasteiger partial charge in [0.05, 0.1) is 3.79 Å². The highest BCUT2D eigenvalue weighted by molar-refractivity contribution is 9.11. The highest BCUT2D eigenvalue weighted by atomic mass is 79.9. The molecule has 0 aromatic carbocycles. The van der Waals surface area contributed by atoms with Crippen LogP contribution in [0.15, 0.2) is 15.9 Å². The first-order valence-electron chi connectivity index (χ1n) is 6.37. The number of thiophene rings is 1. The quantitative estimate of drug-likeness (QED) is 0.898. The molecule has 1 aromatic heterocycles. The molecule has 1 unspecified atom stereocenters. The predicted molar refractivity (Wildman–Crippen MR) is 78.8 cm³/mol. The van der Waals surface area contributed by atoms with Crippen molar-refractivity contribution in [1.29, 1.82) is 0 Å². The fourth-order valence-corrected chi connectivity index (χ4v) is 3.79. The molecule has 1 N–H and O–H groups in total. The number of hydrogen-bond acceptors (Lipinski definition) is 3. The zero-order chi connectivity index (χ0) is 12.3. The Morgan fingerprint density at radius 3 is 2.94 bits per heavy atom. The molecule has 1 aromatic rings. The summed E-state index contributed by atoms with van der Waals surface area (Å²) in [4.78, 5) is 4.02. The van der Waals surface area contributed by atoms with Crippen molar-refractivity contribution >= 4 is 27.3 Å². The summed E-state index contributed by atoms with van der Waals surface area (Å²) in [5.74, 6) is 0.